The Labute approximate surface area is 93.4 Å². The van der Waals surface area contributed by atoms with Crippen LogP contribution in [0.15, 0.2) is 12.7 Å². The van der Waals surface area contributed by atoms with Gasteiger partial charge in [0.2, 0.25) is 0 Å². The molecule has 0 fully saturated rings. The molecular weight excluding hydrogens is 202 g/mol. The number of carboxylic acid groups (broad SMARTS) is 1. The molecule has 0 aromatic rings. The lowest BCUT2D eigenvalue weighted by molar-refractivity contribution is -0.864. The Morgan fingerprint density at radius 1 is 1.43 bits per heavy atom. The summed E-state index contributed by atoms with van der Waals surface area (Å²) >= 11 is 0. The highest BCUT2D eigenvalue weighted by molar-refractivity contribution is 5.85. The molecular formula is C10H22ClNO2. The van der Waals surface area contributed by atoms with Gasteiger partial charge in [-0.15, -0.1) is 12.4 Å². The third kappa shape index (κ3) is 30.0. The Balaban J connectivity index is -0.000000163. The Morgan fingerprint density at radius 3 is 1.86 bits per heavy atom. The minimum absolute atomic E-state index is 0. The lowest BCUT2D eigenvalue weighted by Crippen LogP contribution is -2.33. The van der Waals surface area contributed by atoms with Crippen molar-refractivity contribution >= 4 is 18.4 Å². The molecule has 0 amide bonds. The highest BCUT2D eigenvalue weighted by Gasteiger charge is 1.99. The van der Waals surface area contributed by atoms with Crippen LogP contribution in [0, 0.1) is 0 Å². The fourth-order valence-corrected chi connectivity index (χ4v) is 0.591. The standard InChI is InChI=1S/C6H14N.C4H8O2.ClH/c1-5-6-7(2,3)4;1-2-3-4(5)6;/h5H,1,6H2,2-4H3;2-3H2,1H3,(H,5,6);1H/q+1;;/p-1. The molecule has 86 valence electrons. The molecule has 0 saturated carbocycles. The van der Waals surface area contributed by atoms with Crippen LogP contribution in [-0.2, 0) is 4.79 Å². The summed E-state index contributed by atoms with van der Waals surface area (Å²) in [6, 6.07) is 0. The van der Waals surface area contributed by atoms with Crippen LogP contribution in [0.2, 0.25) is 0 Å². The number of hydrogen-bond acceptors (Lipinski definition) is 2. The Hall–Kier alpha value is -0.540. The van der Waals surface area contributed by atoms with E-state index < -0.39 is 5.97 Å². The number of nitrogens with zero attached hydrogens (tertiary/aromatic N) is 1. The van der Waals surface area contributed by atoms with E-state index in [-0.39, 0.29) is 18.8 Å². The summed E-state index contributed by atoms with van der Waals surface area (Å²) in [4.78, 5) is 9.49. The Kier molecular flexibility index (Phi) is 14.4. The van der Waals surface area contributed by atoms with Crippen molar-refractivity contribution in [2.45, 2.75) is 19.8 Å². The molecule has 0 unspecified atom stereocenters. The predicted octanol–water partition coefficient (Wildman–Crippen LogP) is 0.837. The number of quaternary nitrogens is 1. The van der Waals surface area contributed by atoms with E-state index >= 15 is 0 Å². The van der Waals surface area contributed by atoms with Crippen LogP contribution in [0.1, 0.15) is 19.8 Å². The summed E-state index contributed by atoms with van der Waals surface area (Å²) in [6.07, 6.45) is 2.78. The van der Waals surface area contributed by atoms with E-state index in [1.165, 1.54) is 0 Å². The van der Waals surface area contributed by atoms with E-state index in [0.29, 0.717) is 6.42 Å². The molecule has 0 spiro atoms. The maximum absolute atomic E-state index is 9.49. The number of carbonyl (C=O) groups is 1. The van der Waals surface area contributed by atoms with Crippen LogP contribution in [-0.4, -0.2) is 38.1 Å². The summed E-state index contributed by atoms with van der Waals surface area (Å²) in [7, 11) is 6.42. The molecule has 0 aliphatic carbocycles. The van der Waals surface area contributed by atoms with Gasteiger partial charge in [-0.1, -0.05) is 19.9 Å². The molecule has 0 aliphatic rings. The van der Waals surface area contributed by atoms with Gasteiger partial charge in [-0.3, -0.25) is 0 Å². The minimum atomic E-state index is -0.961. The summed E-state index contributed by atoms with van der Waals surface area (Å²) < 4.78 is 0.976. The van der Waals surface area contributed by atoms with E-state index in [1.807, 2.05) is 6.08 Å². The zero-order valence-corrected chi connectivity index (χ0v) is 10.4. The van der Waals surface area contributed by atoms with Gasteiger partial charge in [0.05, 0.1) is 27.7 Å². The van der Waals surface area contributed by atoms with Crippen LogP contribution in [0.5, 0.6) is 0 Å². The second-order valence-electron chi connectivity index (χ2n) is 3.88. The van der Waals surface area contributed by atoms with Crippen molar-refractivity contribution in [3.63, 3.8) is 0 Å². The molecule has 0 N–H and O–H groups in total. The minimum Gasteiger partial charge on any atom is -0.550 e. The summed E-state index contributed by atoms with van der Waals surface area (Å²) in [5, 5.41) is 9.49. The van der Waals surface area contributed by atoms with Gasteiger partial charge < -0.3 is 14.4 Å². The summed E-state index contributed by atoms with van der Waals surface area (Å²) in [5.41, 5.74) is 0. The number of carbonyl (C=O) groups excluding carboxylic acids is 1. The van der Waals surface area contributed by atoms with Crippen molar-refractivity contribution in [3.05, 3.63) is 12.7 Å². The fourth-order valence-electron chi connectivity index (χ4n) is 0.591. The van der Waals surface area contributed by atoms with Gasteiger partial charge >= 0.3 is 0 Å². The molecule has 0 rings (SSSR count). The van der Waals surface area contributed by atoms with E-state index in [0.717, 1.165) is 11.0 Å². The molecule has 0 aromatic carbocycles. The lowest BCUT2D eigenvalue weighted by atomic mass is 10.4. The van der Waals surface area contributed by atoms with Crippen LogP contribution in [0.25, 0.3) is 0 Å². The summed E-state index contributed by atoms with van der Waals surface area (Å²) in [6.45, 7) is 6.47. The maximum atomic E-state index is 9.49. The van der Waals surface area contributed by atoms with E-state index in [1.54, 1.807) is 6.92 Å². The molecule has 4 heteroatoms. The molecule has 0 radical (unpaired) electrons. The van der Waals surface area contributed by atoms with Crippen molar-refractivity contribution in [2.24, 2.45) is 0 Å². The second-order valence-corrected chi connectivity index (χ2v) is 3.88. The van der Waals surface area contributed by atoms with Gasteiger partial charge in [0.15, 0.2) is 0 Å². The Bertz CT molecular complexity index is 153. The maximum Gasteiger partial charge on any atom is 0.0964 e. The number of hydrogen-bond donors (Lipinski definition) is 0. The number of rotatable bonds is 4. The summed E-state index contributed by atoms with van der Waals surface area (Å²) in [5.74, 6) is -0.961. The van der Waals surface area contributed by atoms with Gasteiger partial charge in [0, 0.05) is 5.97 Å². The second kappa shape index (κ2) is 10.5. The van der Waals surface area contributed by atoms with Gasteiger partial charge in [-0.2, -0.15) is 0 Å². The van der Waals surface area contributed by atoms with E-state index in [2.05, 4.69) is 27.7 Å². The first-order chi connectivity index (χ1) is 5.83. The monoisotopic (exact) mass is 223 g/mol. The Morgan fingerprint density at radius 2 is 1.86 bits per heavy atom. The average Bonchev–Trinajstić information content (AvgIpc) is 1.84. The molecule has 3 nitrogen and oxygen atoms in total. The molecule has 0 aromatic heterocycles. The normalized spacial score (nSPS) is 9.14. The lowest BCUT2D eigenvalue weighted by Gasteiger charge is -2.21. The van der Waals surface area contributed by atoms with E-state index in [4.69, 9.17) is 0 Å². The zero-order chi connectivity index (χ0) is 10.9. The number of likely N-dealkylation sites (N-methyl/N-ethyl adjacent to an activating group) is 1. The third-order valence-electron chi connectivity index (χ3n) is 1.13. The first-order valence-electron chi connectivity index (χ1n) is 4.44. The number of aliphatic carboxylic acids is 1. The molecule has 14 heavy (non-hydrogen) atoms. The van der Waals surface area contributed by atoms with Crippen molar-refractivity contribution in [1.29, 1.82) is 0 Å². The SMILES string of the molecule is C=CC[N+](C)(C)C.CCCC(=O)[O-].Cl. The topological polar surface area (TPSA) is 40.1 Å². The predicted molar refractivity (Wildman–Crippen MR) is 60.3 cm³/mol. The smallest absolute Gasteiger partial charge is 0.0964 e. The number of carboxylic acids is 1. The highest BCUT2D eigenvalue weighted by Crippen LogP contribution is 1.86. The van der Waals surface area contributed by atoms with Crippen LogP contribution in [0.3, 0.4) is 0 Å². The fraction of sp³-hybridized carbons (Fsp3) is 0.700. The van der Waals surface area contributed by atoms with Crippen molar-refractivity contribution < 1.29 is 14.4 Å². The molecule has 0 atom stereocenters. The van der Waals surface area contributed by atoms with Crippen molar-refractivity contribution in [1.82, 2.24) is 0 Å². The zero-order valence-electron chi connectivity index (χ0n) is 9.58. The van der Waals surface area contributed by atoms with Crippen molar-refractivity contribution in [3.8, 4) is 0 Å². The van der Waals surface area contributed by atoms with Gasteiger partial charge in [-0.05, 0) is 12.5 Å². The molecule has 0 bridgehead atoms. The quantitative estimate of drug-likeness (QED) is 0.524. The van der Waals surface area contributed by atoms with Gasteiger partial charge in [0.1, 0.15) is 0 Å². The molecule has 0 aliphatic heterocycles. The van der Waals surface area contributed by atoms with Gasteiger partial charge in [-0.25, -0.2) is 0 Å². The largest absolute Gasteiger partial charge is 0.550 e. The molecule has 0 heterocycles. The van der Waals surface area contributed by atoms with Crippen LogP contribution < -0.4 is 5.11 Å². The van der Waals surface area contributed by atoms with Crippen LogP contribution >= 0.6 is 12.4 Å². The van der Waals surface area contributed by atoms with Gasteiger partial charge in [0.25, 0.3) is 0 Å². The first-order valence-corrected chi connectivity index (χ1v) is 4.44. The number of halogens is 1. The first kappa shape index (κ1) is 19.1. The van der Waals surface area contributed by atoms with Crippen LogP contribution in [0.4, 0.5) is 0 Å². The molecule has 0 saturated heterocycles. The highest BCUT2D eigenvalue weighted by atomic mass is 35.5. The average molecular weight is 224 g/mol. The third-order valence-corrected chi connectivity index (χ3v) is 1.13. The van der Waals surface area contributed by atoms with Crippen molar-refractivity contribution in [2.75, 3.05) is 27.7 Å². The van der Waals surface area contributed by atoms with E-state index in [9.17, 15) is 9.90 Å².